The van der Waals surface area contributed by atoms with Gasteiger partial charge in [-0.2, -0.15) is 0 Å². The summed E-state index contributed by atoms with van der Waals surface area (Å²) in [5.41, 5.74) is 1.35. The second kappa shape index (κ2) is 13.2. The molecule has 0 saturated carbocycles. The molecule has 4 rings (SSSR count). The van der Waals surface area contributed by atoms with Gasteiger partial charge in [0.25, 0.3) is 0 Å². The summed E-state index contributed by atoms with van der Waals surface area (Å²) in [6.07, 6.45) is -3.24. The number of phenolic OH excluding ortho intramolecular Hbond substituents is 1. The Morgan fingerprint density at radius 2 is 1.74 bits per heavy atom. The fourth-order valence-electron chi connectivity index (χ4n) is 4.73. The number of fused-ring (bicyclic) bond motifs is 1. The molecular formula is C27H30N2O14. The van der Waals surface area contributed by atoms with Crippen molar-refractivity contribution in [1.82, 2.24) is 0 Å². The minimum atomic E-state index is -1.81. The molecule has 16 heteroatoms. The van der Waals surface area contributed by atoms with Crippen LogP contribution in [-0.2, 0) is 35.1 Å². The van der Waals surface area contributed by atoms with Crippen molar-refractivity contribution in [2.45, 2.75) is 68.5 Å². The van der Waals surface area contributed by atoms with Gasteiger partial charge in [-0.3, -0.25) is 14.6 Å². The molecular weight excluding hydrogens is 576 g/mol. The number of aromatic hydroxyl groups is 1. The average molecular weight is 607 g/mol. The normalized spacial score (nSPS) is 28.3. The van der Waals surface area contributed by atoms with Crippen LogP contribution in [0.4, 0.5) is 5.69 Å². The van der Waals surface area contributed by atoms with Gasteiger partial charge in [-0.15, -0.1) is 0 Å². The highest BCUT2D eigenvalue weighted by Crippen LogP contribution is 2.42. The lowest BCUT2D eigenvalue weighted by Gasteiger charge is -2.40. The Kier molecular flexibility index (Phi) is 9.65. The monoisotopic (exact) mass is 606 g/mol. The van der Waals surface area contributed by atoms with Crippen molar-refractivity contribution in [3.8, 4) is 11.5 Å². The zero-order chi connectivity index (χ0) is 31.4. The summed E-state index contributed by atoms with van der Waals surface area (Å²) in [6.45, 7) is -0.601. The molecule has 0 bridgehead atoms. The summed E-state index contributed by atoms with van der Waals surface area (Å²) in [6, 6.07) is 0.519. The number of benzene rings is 1. The maximum atomic E-state index is 12.0. The van der Waals surface area contributed by atoms with Gasteiger partial charge in [0.1, 0.15) is 37.1 Å². The molecule has 0 aliphatic carbocycles. The first-order valence-electron chi connectivity index (χ1n) is 13.1. The number of aliphatic hydroxyl groups is 3. The summed E-state index contributed by atoms with van der Waals surface area (Å²) in [7, 11) is 0. The van der Waals surface area contributed by atoms with Crippen molar-refractivity contribution in [3.63, 3.8) is 0 Å². The quantitative estimate of drug-likeness (QED) is 0.152. The number of carboxylic acids is 3. The molecule has 16 nitrogen and oxygen atoms in total. The number of rotatable bonds is 11. The van der Waals surface area contributed by atoms with E-state index in [1.165, 1.54) is 29.4 Å². The number of phenols is 1. The van der Waals surface area contributed by atoms with Crippen LogP contribution in [0.3, 0.4) is 0 Å². The lowest BCUT2D eigenvalue weighted by Crippen LogP contribution is -2.60. The van der Waals surface area contributed by atoms with Crippen LogP contribution in [0.1, 0.15) is 24.8 Å². The molecule has 1 fully saturated rings. The zero-order valence-electron chi connectivity index (χ0n) is 22.4. The van der Waals surface area contributed by atoms with E-state index in [1.807, 2.05) is 0 Å². The van der Waals surface area contributed by atoms with Crippen molar-refractivity contribution in [1.29, 1.82) is 0 Å². The summed E-state index contributed by atoms with van der Waals surface area (Å²) in [5, 5.41) is 69.5. The van der Waals surface area contributed by atoms with E-state index in [9.17, 15) is 49.8 Å². The number of nitrogens with zero attached hydrogens (tertiary/aromatic N) is 2. The number of carboxylic acid groups (broad SMARTS) is 3. The number of hydrogen-bond donors (Lipinski definition) is 7. The van der Waals surface area contributed by atoms with Crippen LogP contribution in [-0.4, -0.2) is 115 Å². The highest BCUT2D eigenvalue weighted by Gasteiger charge is 2.46. The number of aliphatic hydroxyl groups excluding tert-OH is 3. The topological polar surface area (TPSA) is 253 Å². The Morgan fingerprint density at radius 1 is 1.00 bits per heavy atom. The average Bonchev–Trinajstić information content (AvgIpc) is 3.32. The molecule has 0 aromatic heterocycles. The first-order valence-corrected chi connectivity index (χ1v) is 13.1. The zero-order valence-corrected chi connectivity index (χ0v) is 22.4. The van der Waals surface area contributed by atoms with Gasteiger partial charge < -0.3 is 54.9 Å². The fourth-order valence-corrected chi connectivity index (χ4v) is 4.73. The van der Waals surface area contributed by atoms with E-state index in [-0.39, 0.29) is 18.6 Å². The van der Waals surface area contributed by atoms with E-state index in [1.54, 1.807) is 12.2 Å². The van der Waals surface area contributed by atoms with Crippen molar-refractivity contribution < 1.29 is 69.1 Å². The predicted octanol–water partition coefficient (Wildman–Crippen LogP) is -0.830. The van der Waals surface area contributed by atoms with Gasteiger partial charge in [0.2, 0.25) is 6.29 Å². The lowest BCUT2D eigenvalue weighted by atomic mass is 9.99. The van der Waals surface area contributed by atoms with E-state index in [4.69, 9.17) is 19.3 Å². The molecule has 1 saturated heterocycles. The number of aliphatic imine (C=N–C) groups is 1. The molecule has 0 radical (unpaired) electrons. The maximum Gasteiger partial charge on any atom is 0.328 e. The van der Waals surface area contributed by atoms with E-state index in [2.05, 4.69) is 4.99 Å². The first-order chi connectivity index (χ1) is 20.3. The van der Waals surface area contributed by atoms with E-state index < -0.39 is 91.9 Å². The third-order valence-corrected chi connectivity index (χ3v) is 7.05. The van der Waals surface area contributed by atoms with Gasteiger partial charge in [0.05, 0.1) is 12.8 Å². The first kappa shape index (κ1) is 31.4. The van der Waals surface area contributed by atoms with Gasteiger partial charge in [-0.05, 0) is 29.4 Å². The van der Waals surface area contributed by atoms with Gasteiger partial charge in [0, 0.05) is 37.0 Å². The Balaban J connectivity index is 1.49. The number of aliphatic carboxylic acids is 3. The highest BCUT2D eigenvalue weighted by atomic mass is 16.7. The van der Waals surface area contributed by atoms with Crippen LogP contribution in [0.15, 0.2) is 41.1 Å². The maximum absolute atomic E-state index is 12.0. The molecule has 0 unspecified atom stereocenters. The van der Waals surface area contributed by atoms with Crippen molar-refractivity contribution >= 4 is 35.8 Å². The van der Waals surface area contributed by atoms with Crippen LogP contribution in [0, 0.1) is 0 Å². The number of anilines is 1. The molecule has 232 valence electrons. The number of ether oxygens (including phenoxy) is 3. The van der Waals surface area contributed by atoms with Crippen molar-refractivity contribution in [2.75, 3.05) is 11.5 Å². The molecule has 43 heavy (non-hydrogen) atoms. The Morgan fingerprint density at radius 3 is 2.42 bits per heavy atom. The molecule has 7 atom stereocenters. The second-order valence-corrected chi connectivity index (χ2v) is 10.0. The van der Waals surface area contributed by atoms with Crippen LogP contribution in [0.2, 0.25) is 0 Å². The van der Waals surface area contributed by atoms with Crippen molar-refractivity contribution in [3.05, 3.63) is 41.6 Å². The number of carbonyl (C=O) groups excluding carboxylic acids is 1. The summed E-state index contributed by atoms with van der Waals surface area (Å²) in [5.74, 6) is -5.10. The van der Waals surface area contributed by atoms with Gasteiger partial charge in [-0.25, -0.2) is 9.59 Å². The second-order valence-electron chi connectivity index (χ2n) is 10.0. The molecule has 3 aliphatic rings. The molecule has 3 heterocycles. The van der Waals surface area contributed by atoms with E-state index in [0.717, 1.165) is 0 Å². The summed E-state index contributed by atoms with van der Waals surface area (Å²) in [4.78, 5) is 51.0. The Bertz CT molecular complexity index is 1360. The molecule has 0 spiro atoms. The minimum absolute atomic E-state index is 0.0196. The molecule has 0 amide bonds. The van der Waals surface area contributed by atoms with Gasteiger partial charge >= 0.3 is 23.9 Å². The number of dihydropyridines is 1. The molecule has 3 aliphatic heterocycles. The Labute approximate surface area is 243 Å². The summed E-state index contributed by atoms with van der Waals surface area (Å²) < 4.78 is 16.0. The van der Waals surface area contributed by atoms with Crippen LogP contribution in [0.25, 0.3) is 0 Å². The van der Waals surface area contributed by atoms with Gasteiger partial charge in [-0.1, -0.05) is 0 Å². The van der Waals surface area contributed by atoms with Crippen LogP contribution >= 0.6 is 0 Å². The number of carbonyl (C=O) groups is 4. The number of esters is 1. The van der Waals surface area contributed by atoms with Crippen LogP contribution < -0.4 is 9.64 Å². The predicted molar refractivity (Wildman–Crippen MR) is 143 cm³/mol. The SMILES string of the molecule is O=C(O)CCC(=O)OC[C@H]1O[C@@H](Oc2cc3c(cc2O)N(/C=C/C2=CC=N[C@H](C(=O)O)C2)[C@H](C(=O)O)C3)[C@H](O)[C@@H](O)[C@@H]1O. The van der Waals surface area contributed by atoms with Crippen LogP contribution in [0.5, 0.6) is 11.5 Å². The fraction of sp³-hybridized carbons (Fsp3) is 0.444. The molecule has 1 aromatic rings. The largest absolute Gasteiger partial charge is 0.504 e. The highest BCUT2D eigenvalue weighted by molar-refractivity contribution is 5.85. The lowest BCUT2D eigenvalue weighted by molar-refractivity contribution is -0.278. The van der Waals surface area contributed by atoms with E-state index >= 15 is 0 Å². The molecule has 1 aromatic carbocycles. The number of allylic oxidation sites excluding steroid dienone is 2. The third kappa shape index (κ3) is 7.29. The van der Waals surface area contributed by atoms with E-state index in [0.29, 0.717) is 16.8 Å². The number of hydrogen-bond acceptors (Lipinski definition) is 13. The standard InChI is InChI=1S/C27H30N2O14/c30-17-10-15-13(8-16(26(39)40)29(15)6-4-12-3-5-28-14(7-12)25(37)38)9-18(17)42-27-24(36)23(35)22(34)19(43-27)11-41-21(33)2-1-20(31)32/h3-6,9-10,14,16,19,22-24,27,30,34-36H,1-2,7-8,11H2,(H,31,32)(H,37,38)(H,39,40)/b6-4+/t14-,16-,19+,22+,23-,24+,27+/m0/s1. The third-order valence-electron chi connectivity index (χ3n) is 7.05. The minimum Gasteiger partial charge on any atom is -0.504 e. The van der Waals surface area contributed by atoms with Gasteiger partial charge in [0.15, 0.2) is 17.5 Å². The Hall–Kier alpha value is -4.51. The van der Waals surface area contributed by atoms with Crippen molar-refractivity contribution in [2.24, 2.45) is 4.99 Å². The smallest absolute Gasteiger partial charge is 0.328 e. The molecule has 7 N–H and O–H groups in total. The summed E-state index contributed by atoms with van der Waals surface area (Å²) >= 11 is 0.